The van der Waals surface area contributed by atoms with Crippen molar-refractivity contribution in [1.29, 1.82) is 0 Å². The second-order valence-electron chi connectivity index (χ2n) is 5.60. The third-order valence-corrected chi connectivity index (χ3v) is 6.80. The maximum Gasteiger partial charge on any atom is 0.270 e. The zero-order valence-electron chi connectivity index (χ0n) is 14.9. The van der Waals surface area contributed by atoms with Gasteiger partial charge in [0.1, 0.15) is 5.82 Å². The molecule has 0 unspecified atom stereocenters. The number of amidine groups is 1. The van der Waals surface area contributed by atoms with Crippen molar-refractivity contribution in [3.05, 3.63) is 48.3 Å². The molecule has 0 bridgehead atoms. The number of anilines is 1. The standard InChI is InChI=1S/C18H19FN2O4S2/c1-24-16-9-8-13(12-17(16)25-2)27(22,23)21(18-20-10-5-11-26-18)15-7-4-3-6-14(15)19/h3-4,6-9,12H,5,10-11H2,1-2H3. The Morgan fingerprint density at radius 3 is 2.48 bits per heavy atom. The second kappa shape index (κ2) is 8.18. The quantitative estimate of drug-likeness (QED) is 0.754. The second-order valence-corrected chi connectivity index (χ2v) is 8.45. The summed E-state index contributed by atoms with van der Waals surface area (Å²) in [6.07, 6.45) is 0.843. The van der Waals surface area contributed by atoms with Crippen LogP contribution in [0.15, 0.2) is 52.4 Å². The van der Waals surface area contributed by atoms with Crippen LogP contribution in [0.3, 0.4) is 0 Å². The smallest absolute Gasteiger partial charge is 0.270 e. The Hall–Kier alpha value is -2.26. The Morgan fingerprint density at radius 1 is 1.11 bits per heavy atom. The Kier molecular flexibility index (Phi) is 5.91. The first-order valence-corrected chi connectivity index (χ1v) is 10.6. The van der Waals surface area contributed by atoms with E-state index in [1.54, 1.807) is 6.07 Å². The van der Waals surface area contributed by atoms with Gasteiger partial charge in [-0.05, 0) is 30.7 Å². The van der Waals surface area contributed by atoms with E-state index in [4.69, 9.17) is 9.47 Å². The van der Waals surface area contributed by atoms with Crippen molar-refractivity contribution < 1.29 is 22.3 Å². The van der Waals surface area contributed by atoms with Crippen LogP contribution >= 0.6 is 11.8 Å². The molecule has 6 nitrogen and oxygen atoms in total. The van der Waals surface area contributed by atoms with Gasteiger partial charge in [0.15, 0.2) is 16.7 Å². The van der Waals surface area contributed by atoms with Crippen molar-refractivity contribution in [1.82, 2.24) is 0 Å². The molecule has 0 aromatic heterocycles. The number of aliphatic imine (C=N–C) groups is 1. The highest BCUT2D eigenvalue weighted by Crippen LogP contribution is 2.35. The van der Waals surface area contributed by atoms with Gasteiger partial charge in [-0.3, -0.25) is 4.99 Å². The summed E-state index contributed by atoms with van der Waals surface area (Å²) in [7, 11) is -1.24. The molecule has 1 aliphatic heterocycles. The lowest BCUT2D eigenvalue weighted by Crippen LogP contribution is -2.37. The summed E-state index contributed by atoms with van der Waals surface area (Å²) in [6, 6.07) is 10.0. The third-order valence-electron chi connectivity index (χ3n) is 3.92. The van der Waals surface area contributed by atoms with E-state index in [1.165, 1.54) is 62.4 Å². The zero-order valence-corrected chi connectivity index (χ0v) is 16.5. The fourth-order valence-corrected chi connectivity index (χ4v) is 5.29. The molecule has 27 heavy (non-hydrogen) atoms. The van der Waals surface area contributed by atoms with Crippen molar-refractivity contribution in [3.8, 4) is 11.5 Å². The van der Waals surface area contributed by atoms with E-state index >= 15 is 0 Å². The summed E-state index contributed by atoms with van der Waals surface area (Å²) in [6.45, 7) is 0.495. The van der Waals surface area contributed by atoms with Crippen LogP contribution < -0.4 is 13.8 Å². The molecule has 9 heteroatoms. The number of benzene rings is 2. The van der Waals surface area contributed by atoms with Crippen molar-refractivity contribution in [2.75, 3.05) is 30.8 Å². The lowest BCUT2D eigenvalue weighted by molar-refractivity contribution is 0.354. The highest BCUT2D eigenvalue weighted by Gasteiger charge is 2.33. The summed E-state index contributed by atoms with van der Waals surface area (Å²) >= 11 is 1.29. The average Bonchev–Trinajstić information content (AvgIpc) is 2.69. The number of para-hydroxylation sites is 1. The van der Waals surface area contributed by atoms with E-state index in [1.807, 2.05) is 0 Å². The van der Waals surface area contributed by atoms with Crippen LogP contribution in [0.4, 0.5) is 10.1 Å². The molecule has 1 heterocycles. The molecule has 0 N–H and O–H groups in total. The molecular weight excluding hydrogens is 391 g/mol. The minimum Gasteiger partial charge on any atom is -0.493 e. The molecule has 0 aliphatic carbocycles. The van der Waals surface area contributed by atoms with Crippen LogP contribution in [0.5, 0.6) is 11.5 Å². The normalized spacial score (nSPS) is 14.4. The first-order valence-electron chi connectivity index (χ1n) is 8.18. The molecule has 0 atom stereocenters. The van der Waals surface area contributed by atoms with Gasteiger partial charge < -0.3 is 9.47 Å². The number of nitrogens with zero attached hydrogens (tertiary/aromatic N) is 2. The summed E-state index contributed by atoms with van der Waals surface area (Å²) < 4.78 is 52.7. The first kappa shape index (κ1) is 19.5. The maximum atomic E-state index is 14.5. The van der Waals surface area contributed by atoms with Crippen LogP contribution in [0.2, 0.25) is 0 Å². The molecule has 2 aromatic rings. The predicted octanol–water partition coefficient (Wildman–Crippen LogP) is 3.53. The Morgan fingerprint density at radius 2 is 1.85 bits per heavy atom. The van der Waals surface area contributed by atoms with Gasteiger partial charge in [-0.1, -0.05) is 23.9 Å². The number of methoxy groups -OCH3 is 2. The monoisotopic (exact) mass is 410 g/mol. The topological polar surface area (TPSA) is 68.2 Å². The van der Waals surface area contributed by atoms with Gasteiger partial charge in [0, 0.05) is 18.4 Å². The van der Waals surface area contributed by atoms with Gasteiger partial charge >= 0.3 is 0 Å². The van der Waals surface area contributed by atoms with E-state index in [-0.39, 0.29) is 21.5 Å². The molecular formula is C18H19FN2O4S2. The number of hydrogen-bond donors (Lipinski definition) is 0. The molecule has 0 spiro atoms. The first-order chi connectivity index (χ1) is 13.0. The molecule has 1 aliphatic rings. The number of rotatable bonds is 5. The SMILES string of the molecule is COc1ccc(S(=O)(=O)N(C2=NCCCS2)c2ccccc2F)cc1OC. The van der Waals surface area contributed by atoms with Crippen molar-refractivity contribution in [2.45, 2.75) is 11.3 Å². The van der Waals surface area contributed by atoms with Crippen LogP contribution in [0.1, 0.15) is 6.42 Å². The molecule has 144 valence electrons. The van der Waals surface area contributed by atoms with Crippen LogP contribution in [0.25, 0.3) is 0 Å². The van der Waals surface area contributed by atoms with Crippen molar-refractivity contribution in [3.63, 3.8) is 0 Å². The molecule has 3 rings (SSSR count). The molecule has 0 radical (unpaired) electrons. The number of halogens is 1. The van der Waals surface area contributed by atoms with Crippen molar-refractivity contribution in [2.24, 2.45) is 4.99 Å². The highest BCUT2D eigenvalue weighted by atomic mass is 32.2. The summed E-state index contributed by atoms with van der Waals surface area (Å²) in [5.74, 6) is 0.740. The van der Waals surface area contributed by atoms with Crippen LogP contribution in [-0.4, -0.2) is 40.1 Å². The predicted molar refractivity (Wildman–Crippen MR) is 105 cm³/mol. The number of ether oxygens (including phenoxy) is 2. The molecule has 0 amide bonds. The fourth-order valence-electron chi connectivity index (χ4n) is 2.61. The van der Waals surface area contributed by atoms with Gasteiger partial charge in [-0.25, -0.2) is 17.1 Å². The Bertz CT molecular complexity index is 964. The third kappa shape index (κ3) is 3.89. The Balaban J connectivity index is 2.16. The number of hydrogen-bond acceptors (Lipinski definition) is 6. The van der Waals surface area contributed by atoms with Gasteiger partial charge in [-0.15, -0.1) is 0 Å². The molecule has 0 fully saturated rings. The van der Waals surface area contributed by atoms with Gasteiger partial charge in [-0.2, -0.15) is 0 Å². The van der Waals surface area contributed by atoms with Crippen molar-refractivity contribution >= 4 is 32.6 Å². The van der Waals surface area contributed by atoms with Gasteiger partial charge in [0.25, 0.3) is 10.0 Å². The lowest BCUT2D eigenvalue weighted by Gasteiger charge is -2.27. The minimum absolute atomic E-state index is 0.0442. The van der Waals surface area contributed by atoms with E-state index in [2.05, 4.69) is 4.99 Å². The zero-order chi connectivity index (χ0) is 19.4. The fraction of sp³-hybridized carbons (Fsp3) is 0.278. The summed E-state index contributed by atoms with van der Waals surface area (Å²) in [4.78, 5) is 4.27. The number of sulfonamides is 1. The van der Waals surface area contributed by atoms with E-state index < -0.39 is 15.8 Å². The van der Waals surface area contributed by atoms with Crippen LogP contribution in [-0.2, 0) is 10.0 Å². The maximum absolute atomic E-state index is 14.5. The number of thioether (sulfide) groups is 1. The highest BCUT2D eigenvalue weighted by molar-refractivity contribution is 8.15. The van der Waals surface area contributed by atoms with Gasteiger partial charge in [0.05, 0.1) is 24.8 Å². The molecule has 2 aromatic carbocycles. The summed E-state index contributed by atoms with van der Waals surface area (Å²) in [5.41, 5.74) is -0.0690. The van der Waals surface area contributed by atoms with E-state index in [0.29, 0.717) is 18.0 Å². The molecule has 0 saturated heterocycles. The molecule has 0 saturated carbocycles. The lowest BCUT2D eigenvalue weighted by atomic mass is 10.3. The van der Waals surface area contributed by atoms with Crippen LogP contribution in [0, 0.1) is 5.82 Å². The van der Waals surface area contributed by atoms with Gasteiger partial charge in [0.2, 0.25) is 0 Å². The minimum atomic E-state index is -4.13. The summed E-state index contributed by atoms with van der Waals surface area (Å²) in [5, 5.41) is 0.251. The largest absolute Gasteiger partial charge is 0.493 e. The Labute approximate surface area is 162 Å². The average molecular weight is 410 g/mol. The van der Waals surface area contributed by atoms with E-state index in [0.717, 1.165) is 10.7 Å². The van der Waals surface area contributed by atoms with E-state index in [9.17, 15) is 12.8 Å².